The second-order valence-corrected chi connectivity index (χ2v) is 4.80. The molecule has 0 saturated heterocycles. The van der Waals surface area contributed by atoms with Gasteiger partial charge in [0.2, 0.25) is 0 Å². The van der Waals surface area contributed by atoms with Crippen molar-refractivity contribution < 1.29 is 23.1 Å². The fourth-order valence-electron chi connectivity index (χ4n) is 2.21. The van der Waals surface area contributed by atoms with Gasteiger partial charge in [0.1, 0.15) is 0 Å². The van der Waals surface area contributed by atoms with Crippen LogP contribution >= 0.6 is 0 Å². The van der Waals surface area contributed by atoms with Crippen molar-refractivity contribution in [3.8, 4) is 0 Å². The van der Waals surface area contributed by atoms with Crippen LogP contribution in [0.15, 0.2) is 12.1 Å². The average Bonchev–Trinajstić information content (AvgIpc) is 2.66. The highest BCUT2D eigenvalue weighted by Crippen LogP contribution is 2.37. The van der Waals surface area contributed by atoms with Crippen LogP contribution < -0.4 is 0 Å². The van der Waals surface area contributed by atoms with Gasteiger partial charge in [-0.05, 0) is 12.8 Å². The fraction of sp³-hybridized carbons (Fsp3) is 0.417. The van der Waals surface area contributed by atoms with Crippen molar-refractivity contribution in [2.45, 2.75) is 31.4 Å². The molecule has 5 nitrogen and oxygen atoms in total. The molecular formula is C12H10F3N3O2. The maximum atomic E-state index is 13.0. The van der Waals surface area contributed by atoms with Gasteiger partial charge in [-0.2, -0.15) is 18.3 Å². The second-order valence-electron chi connectivity index (χ2n) is 4.80. The first-order chi connectivity index (χ1) is 9.36. The number of halogens is 3. The third-order valence-corrected chi connectivity index (χ3v) is 3.48. The van der Waals surface area contributed by atoms with Crippen molar-refractivity contribution in [1.29, 1.82) is 0 Å². The minimum atomic E-state index is -4.69. The van der Waals surface area contributed by atoms with E-state index in [1.165, 1.54) is 6.07 Å². The van der Waals surface area contributed by atoms with Crippen LogP contribution in [0.5, 0.6) is 0 Å². The molecule has 1 aliphatic carbocycles. The number of nitrogens with zero attached hydrogens (tertiary/aromatic N) is 3. The zero-order chi connectivity index (χ0) is 14.5. The molecule has 0 aliphatic heterocycles. The Balaban J connectivity index is 2.22. The summed E-state index contributed by atoms with van der Waals surface area (Å²) in [7, 11) is 0. The average molecular weight is 285 g/mol. The van der Waals surface area contributed by atoms with Gasteiger partial charge in [-0.1, -0.05) is 6.42 Å². The van der Waals surface area contributed by atoms with Crippen LogP contribution in [0, 0.1) is 0 Å². The molecule has 0 spiro atoms. The predicted octanol–water partition coefficient (Wildman–Crippen LogP) is 2.71. The molecule has 0 aromatic carbocycles. The Hall–Kier alpha value is -2.12. The summed E-state index contributed by atoms with van der Waals surface area (Å²) in [5, 5.41) is 12.8. The smallest absolute Gasteiger partial charge is 0.433 e. The molecule has 106 valence electrons. The number of rotatable bonds is 2. The standard InChI is InChI=1S/C12H10F3N3O2/c13-12(14,15)9-4-8(11(19)20)16-10-5-7(17-18(9)10)6-2-1-3-6/h4-6H,1-3H2,(H,19,20). The number of hydrogen-bond acceptors (Lipinski definition) is 3. The molecule has 0 atom stereocenters. The van der Waals surface area contributed by atoms with Gasteiger partial charge in [-0.15, -0.1) is 0 Å². The van der Waals surface area contributed by atoms with E-state index in [0.29, 0.717) is 16.3 Å². The van der Waals surface area contributed by atoms with Gasteiger partial charge in [0, 0.05) is 18.1 Å². The van der Waals surface area contributed by atoms with Crippen LogP contribution in [0.2, 0.25) is 0 Å². The molecule has 1 saturated carbocycles. The molecule has 0 bridgehead atoms. The molecular weight excluding hydrogens is 275 g/mol. The zero-order valence-electron chi connectivity index (χ0n) is 10.2. The van der Waals surface area contributed by atoms with Crippen molar-refractivity contribution >= 4 is 11.6 Å². The van der Waals surface area contributed by atoms with Crippen LogP contribution in [0.1, 0.15) is 47.1 Å². The Morgan fingerprint density at radius 2 is 2.05 bits per heavy atom. The topological polar surface area (TPSA) is 67.5 Å². The minimum absolute atomic E-state index is 0.0841. The number of aromatic carboxylic acids is 1. The van der Waals surface area contributed by atoms with Crippen molar-refractivity contribution in [1.82, 2.24) is 14.6 Å². The number of carboxylic acid groups (broad SMARTS) is 1. The highest BCUT2D eigenvalue weighted by Gasteiger charge is 2.36. The van der Waals surface area contributed by atoms with Crippen LogP contribution in [-0.4, -0.2) is 25.7 Å². The number of alkyl halides is 3. The molecule has 8 heteroatoms. The van der Waals surface area contributed by atoms with Crippen LogP contribution in [0.4, 0.5) is 13.2 Å². The third kappa shape index (κ3) is 2.00. The summed E-state index contributed by atoms with van der Waals surface area (Å²) in [6.45, 7) is 0. The summed E-state index contributed by atoms with van der Waals surface area (Å²) in [4.78, 5) is 14.6. The molecule has 1 aliphatic rings. The Labute approximate surface area is 111 Å². The predicted molar refractivity (Wildman–Crippen MR) is 61.5 cm³/mol. The lowest BCUT2D eigenvalue weighted by Crippen LogP contribution is -2.16. The van der Waals surface area contributed by atoms with Crippen LogP contribution in [0.3, 0.4) is 0 Å². The Morgan fingerprint density at radius 3 is 2.55 bits per heavy atom. The number of fused-ring (bicyclic) bond motifs is 1. The zero-order valence-corrected chi connectivity index (χ0v) is 10.2. The van der Waals surface area contributed by atoms with E-state index in [1.54, 1.807) is 0 Å². The first-order valence-corrected chi connectivity index (χ1v) is 6.07. The summed E-state index contributed by atoms with van der Waals surface area (Å²) in [6.07, 6.45) is -1.89. The Bertz CT molecular complexity index is 689. The van der Waals surface area contributed by atoms with Gasteiger partial charge in [0.25, 0.3) is 0 Å². The van der Waals surface area contributed by atoms with E-state index in [4.69, 9.17) is 5.11 Å². The molecule has 2 aromatic heterocycles. The normalized spacial score (nSPS) is 16.4. The van der Waals surface area contributed by atoms with Crippen LogP contribution in [0.25, 0.3) is 5.65 Å². The molecule has 3 rings (SSSR count). The van der Waals surface area contributed by atoms with Gasteiger partial charge in [0.05, 0.1) is 5.69 Å². The summed E-state index contributed by atoms with van der Waals surface area (Å²) in [6, 6.07) is 1.94. The molecule has 0 radical (unpaired) electrons. The first-order valence-electron chi connectivity index (χ1n) is 6.07. The highest BCUT2D eigenvalue weighted by atomic mass is 19.4. The van der Waals surface area contributed by atoms with Gasteiger partial charge in [-0.25, -0.2) is 14.3 Å². The molecule has 0 amide bonds. The minimum Gasteiger partial charge on any atom is -0.477 e. The van der Waals surface area contributed by atoms with Gasteiger partial charge < -0.3 is 5.11 Å². The lowest BCUT2D eigenvalue weighted by atomic mass is 9.83. The summed E-state index contributed by atoms with van der Waals surface area (Å²) < 4.78 is 39.6. The van der Waals surface area contributed by atoms with E-state index < -0.39 is 23.5 Å². The van der Waals surface area contributed by atoms with Gasteiger partial charge in [-0.3, -0.25) is 0 Å². The van der Waals surface area contributed by atoms with Crippen molar-refractivity contribution in [3.63, 3.8) is 0 Å². The number of hydrogen-bond donors (Lipinski definition) is 1. The summed E-state index contributed by atoms with van der Waals surface area (Å²) in [5.41, 5.74) is -1.30. The van der Waals surface area contributed by atoms with E-state index in [9.17, 15) is 18.0 Å². The number of carbonyl (C=O) groups is 1. The van der Waals surface area contributed by atoms with E-state index in [2.05, 4.69) is 10.1 Å². The quantitative estimate of drug-likeness (QED) is 0.921. The number of carboxylic acids is 1. The lowest BCUT2D eigenvalue weighted by molar-refractivity contribution is -0.142. The molecule has 2 heterocycles. The summed E-state index contributed by atoms with van der Waals surface area (Å²) >= 11 is 0. The molecule has 0 unspecified atom stereocenters. The largest absolute Gasteiger partial charge is 0.477 e. The second kappa shape index (κ2) is 4.19. The molecule has 2 aromatic rings. The number of aromatic nitrogens is 3. The van der Waals surface area contributed by atoms with Crippen molar-refractivity contribution in [2.24, 2.45) is 0 Å². The van der Waals surface area contributed by atoms with Crippen molar-refractivity contribution in [3.05, 3.63) is 29.2 Å². The van der Waals surface area contributed by atoms with Gasteiger partial charge >= 0.3 is 12.1 Å². The SMILES string of the molecule is O=C(O)c1cc(C(F)(F)F)n2nc(C3CCC3)cc2n1. The van der Waals surface area contributed by atoms with Gasteiger partial charge in [0.15, 0.2) is 17.0 Å². The third-order valence-electron chi connectivity index (χ3n) is 3.48. The van der Waals surface area contributed by atoms with E-state index in [0.717, 1.165) is 19.3 Å². The maximum Gasteiger partial charge on any atom is 0.433 e. The maximum absolute atomic E-state index is 13.0. The van der Waals surface area contributed by atoms with E-state index in [1.807, 2.05) is 0 Å². The highest BCUT2D eigenvalue weighted by molar-refractivity contribution is 5.86. The lowest BCUT2D eigenvalue weighted by Gasteiger charge is -2.22. The molecule has 1 N–H and O–H groups in total. The Morgan fingerprint density at radius 1 is 1.35 bits per heavy atom. The monoisotopic (exact) mass is 285 g/mol. The Kier molecular flexibility index (Phi) is 2.70. The van der Waals surface area contributed by atoms with Crippen LogP contribution in [-0.2, 0) is 6.18 Å². The van der Waals surface area contributed by atoms with E-state index >= 15 is 0 Å². The first kappa shape index (κ1) is 12.9. The van der Waals surface area contributed by atoms with Crippen molar-refractivity contribution in [2.75, 3.05) is 0 Å². The summed E-state index contributed by atoms with van der Waals surface area (Å²) in [5.74, 6) is -1.35. The molecule has 1 fully saturated rings. The fourth-order valence-corrected chi connectivity index (χ4v) is 2.21. The molecule has 20 heavy (non-hydrogen) atoms. The van der Waals surface area contributed by atoms with E-state index in [-0.39, 0.29) is 11.6 Å².